The maximum atomic E-state index is 13.5. The highest BCUT2D eigenvalue weighted by Crippen LogP contribution is 2.42. The summed E-state index contributed by atoms with van der Waals surface area (Å²) in [5, 5.41) is 2.80. The first-order valence-corrected chi connectivity index (χ1v) is 11.1. The second-order valence-corrected chi connectivity index (χ2v) is 9.93. The molecule has 0 aromatic heterocycles. The Kier molecular flexibility index (Phi) is 6.37. The molecule has 1 aliphatic heterocycles. The first kappa shape index (κ1) is 21.4. The van der Waals surface area contributed by atoms with Crippen molar-refractivity contribution in [2.75, 3.05) is 5.75 Å². The van der Waals surface area contributed by atoms with E-state index in [-0.39, 0.29) is 28.6 Å². The molecule has 1 saturated heterocycles. The molecule has 1 aliphatic rings. The number of hydrogen-bond donors (Lipinski definition) is 1. The van der Waals surface area contributed by atoms with Crippen molar-refractivity contribution in [1.29, 1.82) is 0 Å². The average Bonchev–Trinajstić information content (AvgIpc) is 3.12. The third-order valence-electron chi connectivity index (χ3n) is 5.05. The van der Waals surface area contributed by atoms with Crippen LogP contribution in [0.4, 0.5) is 0 Å². The molecule has 0 saturated carbocycles. The minimum atomic E-state index is -0.484. The minimum Gasteiger partial charge on any atom is -0.352 e. The lowest BCUT2D eigenvalue weighted by molar-refractivity contribution is -0.125. The van der Waals surface area contributed by atoms with Crippen LogP contribution in [0.5, 0.6) is 0 Å². The monoisotopic (exact) mass is 410 g/mol. The predicted molar refractivity (Wildman–Crippen MR) is 120 cm³/mol. The Bertz CT molecular complexity index is 857. The van der Waals surface area contributed by atoms with Crippen LogP contribution in [0.3, 0.4) is 0 Å². The van der Waals surface area contributed by atoms with E-state index < -0.39 is 6.04 Å². The maximum absolute atomic E-state index is 13.5. The van der Waals surface area contributed by atoms with Gasteiger partial charge in [0.25, 0.3) is 5.91 Å². The summed E-state index contributed by atoms with van der Waals surface area (Å²) >= 11 is 1.64. The van der Waals surface area contributed by atoms with Gasteiger partial charge in [0.1, 0.15) is 11.4 Å². The van der Waals surface area contributed by atoms with Gasteiger partial charge in [-0.2, -0.15) is 0 Å². The Morgan fingerprint density at radius 2 is 1.66 bits per heavy atom. The van der Waals surface area contributed by atoms with Crippen molar-refractivity contribution in [1.82, 2.24) is 10.2 Å². The summed E-state index contributed by atoms with van der Waals surface area (Å²) in [6.45, 7) is 10.3. The third kappa shape index (κ3) is 4.84. The number of benzene rings is 2. The summed E-state index contributed by atoms with van der Waals surface area (Å²) in [6, 6.07) is 17.3. The zero-order valence-electron chi connectivity index (χ0n) is 17.8. The second-order valence-electron chi connectivity index (χ2n) is 8.82. The summed E-state index contributed by atoms with van der Waals surface area (Å²) in [6.07, 6.45) is 0. The topological polar surface area (TPSA) is 49.4 Å². The molecule has 2 unspecified atom stereocenters. The lowest BCUT2D eigenvalue weighted by atomic mass is 9.86. The lowest BCUT2D eigenvalue weighted by Gasteiger charge is -2.30. The minimum absolute atomic E-state index is 0.0251. The number of rotatable bonds is 4. The van der Waals surface area contributed by atoms with Gasteiger partial charge in [0.15, 0.2) is 0 Å². The molecule has 29 heavy (non-hydrogen) atoms. The summed E-state index contributed by atoms with van der Waals surface area (Å²) in [5.41, 5.74) is 2.86. The van der Waals surface area contributed by atoms with E-state index in [4.69, 9.17) is 0 Å². The van der Waals surface area contributed by atoms with Gasteiger partial charge in [0, 0.05) is 17.4 Å². The molecule has 2 aromatic rings. The smallest absolute Gasteiger partial charge is 0.255 e. The van der Waals surface area contributed by atoms with Gasteiger partial charge >= 0.3 is 0 Å². The normalized spacial score (nSPS) is 19.4. The molecule has 154 valence electrons. The molecule has 3 rings (SSSR count). The highest BCUT2D eigenvalue weighted by molar-refractivity contribution is 7.99. The van der Waals surface area contributed by atoms with Crippen LogP contribution in [-0.4, -0.2) is 34.6 Å². The zero-order valence-corrected chi connectivity index (χ0v) is 18.6. The van der Waals surface area contributed by atoms with Gasteiger partial charge < -0.3 is 10.2 Å². The van der Waals surface area contributed by atoms with Gasteiger partial charge in [-0.1, -0.05) is 63.2 Å². The standard InChI is InChI=1S/C24H30N2O2S/c1-16(2)25-21(27)20-15-29-23(18-9-7-6-8-10-18)26(20)22(28)17-11-13-19(14-12-17)24(3,4)5/h6-14,16,20,23H,15H2,1-5H3,(H,25,27). The Morgan fingerprint density at radius 1 is 1.03 bits per heavy atom. The van der Waals surface area contributed by atoms with E-state index in [0.29, 0.717) is 11.3 Å². The van der Waals surface area contributed by atoms with Crippen molar-refractivity contribution < 1.29 is 9.59 Å². The Hall–Kier alpha value is -2.27. The number of thioether (sulfide) groups is 1. The largest absolute Gasteiger partial charge is 0.352 e. The first-order chi connectivity index (χ1) is 13.7. The summed E-state index contributed by atoms with van der Waals surface area (Å²) in [5.74, 6) is 0.392. The highest BCUT2D eigenvalue weighted by Gasteiger charge is 2.42. The molecular formula is C24H30N2O2S. The van der Waals surface area contributed by atoms with Crippen LogP contribution < -0.4 is 5.32 Å². The fourth-order valence-corrected chi connectivity index (χ4v) is 4.90. The highest BCUT2D eigenvalue weighted by atomic mass is 32.2. The number of hydrogen-bond acceptors (Lipinski definition) is 3. The molecule has 2 aromatic carbocycles. The molecule has 2 atom stereocenters. The first-order valence-electron chi connectivity index (χ1n) is 10.1. The van der Waals surface area contributed by atoms with Gasteiger partial charge in [-0.3, -0.25) is 9.59 Å². The summed E-state index contributed by atoms with van der Waals surface area (Å²) in [7, 11) is 0. The molecule has 0 radical (unpaired) electrons. The van der Waals surface area contributed by atoms with E-state index in [1.807, 2.05) is 68.4 Å². The number of nitrogens with zero attached hydrogens (tertiary/aromatic N) is 1. The molecule has 1 N–H and O–H groups in total. The maximum Gasteiger partial charge on any atom is 0.255 e. The molecule has 1 fully saturated rings. The van der Waals surface area contributed by atoms with Gasteiger partial charge in [0.05, 0.1) is 0 Å². The van der Waals surface area contributed by atoms with E-state index in [9.17, 15) is 9.59 Å². The molecule has 0 aliphatic carbocycles. The number of carbonyl (C=O) groups excluding carboxylic acids is 2. The van der Waals surface area contributed by atoms with Crippen LogP contribution in [-0.2, 0) is 10.2 Å². The van der Waals surface area contributed by atoms with Crippen molar-refractivity contribution >= 4 is 23.6 Å². The predicted octanol–water partition coefficient (Wildman–Crippen LogP) is 4.77. The number of amides is 2. The van der Waals surface area contributed by atoms with Gasteiger partial charge in [-0.25, -0.2) is 0 Å². The number of nitrogens with one attached hydrogen (secondary N) is 1. The van der Waals surface area contributed by atoms with Gasteiger partial charge in [-0.15, -0.1) is 11.8 Å². The van der Waals surface area contributed by atoms with Gasteiger partial charge in [-0.05, 0) is 42.5 Å². The third-order valence-corrected chi connectivity index (χ3v) is 6.37. The van der Waals surface area contributed by atoms with Crippen LogP contribution in [0.2, 0.25) is 0 Å². The molecule has 0 bridgehead atoms. The van der Waals surface area contributed by atoms with E-state index >= 15 is 0 Å². The fourth-order valence-electron chi connectivity index (χ4n) is 3.47. The van der Waals surface area contributed by atoms with Crippen LogP contribution in [0, 0.1) is 0 Å². The van der Waals surface area contributed by atoms with Crippen LogP contribution >= 0.6 is 11.8 Å². The summed E-state index contributed by atoms with van der Waals surface area (Å²) < 4.78 is 0. The molecule has 1 heterocycles. The van der Waals surface area contributed by atoms with E-state index in [2.05, 4.69) is 26.1 Å². The molecule has 0 spiro atoms. The van der Waals surface area contributed by atoms with E-state index in [1.54, 1.807) is 16.7 Å². The van der Waals surface area contributed by atoms with Crippen LogP contribution in [0.25, 0.3) is 0 Å². The number of carbonyl (C=O) groups is 2. The average molecular weight is 411 g/mol. The van der Waals surface area contributed by atoms with Crippen molar-refractivity contribution in [3.8, 4) is 0 Å². The Morgan fingerprint density at radius 3 is 2.21 bits per heavy atom. The zero-order chi connectivity index (χ0) is 21.2. The molecule has 5 heteroatoms. The van der Waals surface area contributed by atoms with Crippen molar-refractivity contribution in [3.05, 3.63) is 71.3 Å². The second kappa shape index (κ2) is 8.62. The lowest BCUT2D eigenvalue weighted by Crippen LogP contribution is -2.49. The van der Waals surface area contributed by atoms with E-state index in [0.717, 1.165) is 5.56 Å². The Labute approximate surface area is 178 Å². The summed E-state index contributed by atoms with van der Waals surface area (Å²) in [4.78, 5) is 28.1. The fraction of sp³-hybridized carbons (Fsp3) is 0.417. The molecule has 2 amide bonds. The molecular weight excluding hydrogens is 380 g/mol. The van der Waals surface area contributed by atoms with E-state index in [1.165, 1.54) is 5.56 Å². The van der Waals surface area contributed by atoms with Crippen LogP contribution in [0.1, 0.15) is 61.5 Å². The Balaban J connectivity index is 1.94. The van der Waals surface area contributed by atoms with Crippen molar-refractivity contribution in [2.45, 2.75) is 57.5 Å². The van der Waals surface area contributed by atoms with Gasteiger partial charge in [0.2, 0.25) is 5.91 Å². The quantitative estimate of drug-likeness (QED) is 0.790. The van der Waals surface area contributed by atoms with Crippen molar-refractivity contribution in [3.63, 3.8) is 0 Å². The van der Waals surface area contributed by atoms with Crippen LogP contribution in [0.15, 0.2) is 54.6 Å². The molecule has 4 nitrogen and oxygen atoms in total. The SMILES string of the molecule is CC(C)NC(=O)C1CSC(c2ccccc2)N1C(=O)c1ccc(C(C)(C)C)cc1. The van der Waals surface area contributed by atoms with Crippen molar-refractivity contribution in [2.24, 2.45) is 0 Å².